The Hall–Kier alpha value is -2.09. The monoisotopic (exact) mass is 458 g/mol. The number of nitrogens with zero attached hydrogens (tertiary/aromatic N) is 2. The number of aliphatic hydroxyl groups is 1. The van der Waals surface area contributed by atoms with E-state index >= 15 is 0 Å². The predicted molar refractivity (Wildman–Crippen MR) is 126 cm³/mol. The number of fused-ring (bicyclic) bond motifs is 1. The van der Waals surface area contributed by atoms with Gasteiger partial charge in [-0.3, -0.25) is 9.69 Å². The molecule has 0 radical (unpaired) electrons. The summed E-state index contributed by atoms with van der Waals surface area (Å²) in [6, 6.07) is 9.59. The Bertz CT molecular complexity index is 898. The Morgan fingerprint density at radius 3 is 2.88 bits per heavy atom. The third kappa shape index (κ3) is 5.82. The van der Waals surface area contributed by atoms with Crippen LogP contribution in [0.25, 0.3) is 0 Å². The number of benzene rings is 1. The highest BCUT2D eigenvalue weighted by atomic mass is 32.1. The van der Waals surface area contributed by atoms with Crippen LogP contribution in [0.5, 0.6) is 11.5 Å². The number of thiophene rings is 1. The molecule has 0 bridgehead atoms. The lowest BCUT2D eigenvalue weighted by Crippen LogP contribution is -2.48. The first-order valence-electron chi connectivity index (χ1n) is 11.6. The second-order valence-corrected chi connectivity index (χ2v) is 9.84. The van der Waals surface area contributed by atoms with Crippen molar-refractivity contribution in [3.05, 3.63) is 46.2 Å². The van der Waals surface area contributed by atoms with Crippen LogP contribution < -0.4 is 9.47 Å². The van der Waals surface area contributed by atoms with Crippen molar-refractivity contribution in [2.45, 2.75) is 44.8 Å². The average molecular weight is 459 g/mol. The molecule has 2 aromatic rings. The van der Waals surface area contributed by atoms with Gasteiger partial charge in [-0.2, -0.15) is 0 Å². The molecule has 32 heavy (non-hydrogen) atoms. The van der Waals surface area contributed by atoms with E-state index in [-0.39, 0.29) is 11.9 Å². The molecule has 0 saturated heterocycles. The van der Waals surface area contributed by atoms with Crippen LogP contribution in [0.15, 0.2) is 35.7 Å². The number of carbonyl (C=O) groups is 1. The molecule has 174 valence electrons. The molecule has 1 amide bonds. The van der Waals surface area contributed by atoms with Crippen LogP contribution in [0, 0.1) is 5.92 Å². The SMILES string of the molecule is CC[C@H](O)CN(CC(=O)N1CCc2sccc2[C@H]1COc1cccc(OC)c1)CC1CC1. The quantitative estimate of drug-likeness (QED) is 0.556. The molecule has 4 rings (SSSR count). The molecule has 1 N–H and O–H groups in total. The van der Waals surface area contributed by atoms with Crippen molar-refractivity contribution in [2.75, 3.05) is 39.9 Å². The number of methoxy groups -OCH3 is 1. The van der Waals surface area contributed by atoms with Crippen molar-refractivity contribution in [3.63, 3.8) is 0 Å². The van der Waals surface area contributed by atoms with Gasteiger partial charge in [0.25, 0.3) is 0 Å². The molecule has 2 atom stereocenters. The van der Waals surface area contributed by atoms with Crippen LogP contribution in [0.3, 0.4) is 0 Å². The molecule has 1 aromatic carbocycles. The van der Waals surface area contributed by atoms with E-state index < -0.39 is 6.10 Å². The van der Waals surface area contributed by atoms with Crippen LogP contribution >= 0.6 is 11.3 Å². The fourth-order valence-corrected chi connectivity index (χ4v) is 5.25. The highest BCUT2D eigenvalue weighted by molar-refractivity contribution is 7.10. The Morgan fingerprint density at radius 1 is 1.31 bits per heavy atom. The molecule has 0 unspecified atom stereocenters. The smallest absolute Gasteiger partial charge is 0.237 e. The van der Waals surface area contributed by atoms with Crippen molar-refractivity contribution in [1.82, 2.24) is 9.80 Å². The van der Waals surface area contributed by atoms with Crippen LogP contribution in [0.2, 0.25) is 0 Å². The second-order valence-electron chi connectivity index (χ2n) is 8.84. The minimum absolute atomic E-state index is 0.109. The minimum atomic E-state index is -0.390. The number of carbonyl (C=O) groups excluding carboxylic acids is 1. The van der Waals surface area contributed by atoms with Gasteiger partial charge in [0, 0.05) is 30.6 Å². The fourth-order valence-electron chi connectivity index (χ4n) is 4.32. The zero-order chi connectivity index (χ0) is 22.5. The number of amides is 1. The Kier molecular flexibility index (Phi) is 7.71. The van der Waals surface area contributed by atoms with Crippen molar-refractivity contribution in [2.24, 2.45) is 5.92 Å². The van der Waals surface area contributed by atoms with E-state index in [1.807, 2.05) is 36.1 Å². The molecule has 1 aromatic heterocycles. The minimum Gasteiger partial charge on any atom is -0.497 e. The van der Waals surface area contributed by atoms with E-state index in [2.05, 4.69) is 16.3 Å². The number of hydrogen-bond acceptors (Lipinski definition) is 6. The summed E-state index contributed by atoms with van der Waals surface area (Å²) in [5.74, 6) is 2.27. The van der Waals surface area contributed by atoms with Gasteiger partial charge in [0.2, 0.25) is 5.91 Å². The molecule has 2 aliphatic rings. The normalized spacial score (nSPS) is 19.0. The zero-order valence-electron chi connectivity index (χ0n) is 19.0. The third-order valence-electron chi connectivity index (χ3n) is 6.38. The van der Waals surface area contributed by atoms with Crippen LogP contribution in [-0.4, -0.2) is 66.8 Å². The number of rotatable bonds is 11. The van der Waals surface area contributed by atoms with E-state index in [0.29, 0.717) is 38.6 Å². The predicted octanol–water partition coefficient (Wildman–Crippen LogP) is 3.74. The summed E-state index contributed by atoms with van der Waals surface area (Å²) < 4.78 is 11.4. The van der Waals surface area contributed by atoms with Crippen molar-refractivity contribution >= 4 is 17.2 Å². The number of hydrogen-bond donors (Lipinski definition) is 1. The van der Waals surface area contributed by atoms with Gasteiger partial charge >= 0.3 is 0 Å². The summed E-state index contributed by atoms with van der Waals surface area (Å²) in [5, 5.41) is 12.3. The molecule has 7 heteroatoms. The van der Waals surface area contributed by atoms with Gasteiger partial charge in [0.1, 0.15) is 18.1 Å². The van der Waals surface area contributed by atoms with E-state index in [0.717, 1.165) is 24.5 Å². The van der Waals surface area contributed by atoms with E-state index in [9.17, 15) is 9.90 Å². The van der Waals surface area contributed by atoms with Gasteiger partial charge < -0.3 is 19.5 Å². The standard InChI is InChI=1S/C25H34N2O4S/c1-3-19(28)15-26(14-18-7-8-18)16-25(29)27-11-9-24-22(10-12-32-24)23(27)17-31-21-6-4-5-20(13-21)30-2/h4-6,10,12-13,18-19,23,28H,3,7-9,11,14-17H2,1-2H3/t19-,23+/m0/s1. The molecule has 1 fully saturated rings. The Balaban J connectivity index is 1.46. The van der Waals surface area contributed by atoms with E-state index in [1.54, 1.807) is 18.4 Å². The summed E-state index contributed by atoms with van der Waals surface area (Å²) >= 11 is 1.76. The zero-order valence-corrected chi connectivity index (χ0v) is 19.9. The first-order valence-corrected chi connectivity index (χ1v) is 12.5. The summed E-state index contributed by atoms with van der Waals surface area (Å²) in [4.78, 5) is 18.9. The lowest BCUT2D eigenvalue weighted by Gasteiger charge is -2.37. The summed E-state index contributed by atoms with van der Waals surface area (Å²) in [5.41, 5.74) is 1.19. The molecule has 6 nitrogen and oxygen atoms in total. The van der Waals surface area contributed by atoms with E-state index in [1.165, 1.54) is 23.3 Å². The number of ether oxygens (including phenoxy) is 2. The Labute approximate surface area is 194 Å². The molecular formula is C25H34N2O4S. The summed E-state index contributed by atoms with van der Waals surface area (Å²) in [6.45, 7) is 4.89. The van der Waals surface area contributed by atoms with Crippen molar-refractivity contribution < 1.29 is 19.4 Å². The topological polar surface area (TPSA) is 62.2 Å². The maximum absolute atomic E-state index is 13.5. The lowest BCUT2D eigenvalue weighted by atomic mass is 10.0. The third-order valence-corrected chi connectivity index (χ3v) is 7.37. The first-order chi connectivity index (χ1) is 15.6. The van der Waals surface area contributed by atoms with Crippen molar-refractivity contribution in [3.8, 4) is 11.5 Å². The van der Waals surface area contributed by atoms with Crippen molar-refractivity contribution in [1.29, 1.82) is 0 Å². The number of aliphatic hydroxyl groups excluding tert-OH is 1. The summed E-state index contributed by atoms with van der Waals surface area (Å²) in [7, 11) is 1.64. The molecule has 2 heterocycles. The highest BCUT2D eigenvalue weighted by Gasteiger charge is 2.34. The maximum Gasteiger partial charge on any atom is 0.237 e. The van der Waals surface area contributed by atoms with Gasteiger partial charge in [0.05, 0.1) is 25.8 Å². The maximum atomic E-state index is 13.5. The average Bonchev–Trinajstić information content (AvgIpc) is 3.49. The summed E-state index contributed by atoms with van der Waals surface area (Å²) in [6.07, 6.45) is 3.65. The van der Waals surface area contributed by atoms with Crippen LogP contribution in [0.1, 0.15) is 42.7 Å². The van der Waals surface area contributed by atoms with Gasteiger partial charge in [-0.25, -0.2) is 0 Å². The largest absolute Gasteiger partial charge is 0.497 e. The Morgan fingerprint density at radius 2 is 2.12 bits per heavy atom. The van der Waals surface area contributed by atoms with Crippen LogP contribution in [-0.2, 0) is 11.2 Å². The second kappa shape index (κ2) is 10.7. The molecule has 1 aliphatic heterocycles. The fraction of sp³-hybridized carbons (Fsp3) is 0.560. The van der Waals surface area contributed by atoms with Gasteiger partial charge in [-0.05, 0) is 60.7 Å². The van der Waals surface area contributed by atoms with Crippen LogP contribution in [0.4, 0.5) is 0 Å². The molecule has 1 saturated carbocycles. The van der Waals surface area contributed by atoms with E-state index in [4.69, 9.17) is 9.47 Å². The van der Waals surface area contributed by atoms with Gasteiger partial charge in [-0.15, -0.1) is 11.3 Å². The highest BCUT2D eigenvalue weighted by Crippen LogP contribution is 2.35. The van der Waals surface area contributed by atoms with Gasteiger partial charge in [-0.1, -0.05) is 13.0 Å². The first kappa shape index (κ1) is 23.1. The molecule has 0 spiro atoms. The van der Waals surface area contributed by atoms with Gasteiger partial charge in [0.15, 0.2) is 0 Å². The molecular weight excluding hydrogens is 424 g/mol. The molecule has 1 aliphatic carbocycles. The lowest BCUT2D eigenvalue weighted by molar-refractivity contribution is -0.136.